The highest BCUT2D eigenvalue weighted by Crippen LogP contribution is 2.21. The molecule has 0 radical (unpaired) electrons. The summed E-state index contributed by atoms with van der Waals surface area (Å²) in [6, 6.07) is 16.0. The second-order valence-corrected chi connectivity index (χ2v) is 5.61. The average Bonchev–Trinajstić information content (AvgIpc) is 3.07. The zero-order valence-corrected chi connectivity index (χ0v) is 12.9. The van der Waals surface area contributed by atoms with E-state index in [1.54, 1.807) is 0 Å². The van der Waals surface area contributed by atoms with Crippen molar-refractivity contribution in [2.45, 2.75) is 38.3 Å². The fourth-order valence-corrected chi connectivity index (χ4v) is 2.83. The Morgan fingerprint density at radius 1 is 0.957 bits per heavy atom. The Kier molecular flexibility index (Phi) is 6.11. The molecule has 0 aliphatic heterocycles. The number of carboxylic acid groups (broad SMARTS) is 2. The van der Waals surface area contributed by atoms with E-state index in [0.29, 0.717) is 0 Å². The monoisotopic (exact) mass is 315 g/mol. The predicted molar refractivity (Wildman–Crippen MR) is 88.3 cm³/mol. The molecule has 1 aliphatic carbocycles. The van der Waals surface area contributed by atoms with Gasteiger partial charge in [0.1, 0.15) is 0 Å². The van der Waals surface area contributed by atoms with Gasteiger partial charge in [-0.1, -0.05) is 55.3 Å². The third kappa shape index (κ3) is 5.07. The first-order valence-corrected chi connectivity index (χ1v) is 7.74. The Bertz CT molecular complexity index is 660. The van der Waals surface area contributed by atoms with Crippen LogP contribution in [0.3, 0.4) is 0 Å². The smallest absolute Gasteiger partial charge is 0.414 e. The average molecular weight is 315 g/mol. The van der Waals surface area contributed by atoms with Crippen LogP contribution in [0.1, 0.15) is 31.2 Å². The summed E-state index contributed by atoms with van der Waals surface area (Å²) in [4.78, 5) is 18.2. The van der Waals surface area contributed by atoms with Crippen LogP contribution in [0.25, 0.3) is 10.8 Å². The molecule has 0 aromatic heterocycles. The zero-order valence-electron chi connectivity index (χ0n) is 12.9. The molecule has 0 atom stereocenters. The first-order chi connectivity index (χ1) is 11.1. The van der Waals surface area contributed by atoms with E-state index in [1.165, 1.54) is 42.0 Å². The number of aliphatic carboxylic acids is 2. The molecule has 3 rings (SSSR count). The molecule has 0 spiro atoms. The highest BCUT2D eigenvalue weighted by atomic mass is 16.4. The maximum Gasteiger partial charge on any atom is 0.414 e. The van der Waals surface area contributed by atoms with Gasteiger partial charge in [-0.25, -0.2) is 9.59 Å². The Balaban J connectivity index is 0.000000277. The predicted octanol–water partition coefficient (Wildman–Crippen LogP) is 3.03. The highest BCUT2D eigenvalue weighted by molar-refractivity contribution is 6.27. The minimum Gasteiger partial charge on any atom is -0.473 e. The number of carboxylic acids is 2. The van der Waals surface area contributed by atoms with Crippen molar-refractivity contribution in [3.05, 3.63) is 48.0 Å². The third-order valence-corrected chi connectivity index (χ3v) is 4.00. The maximum absolute atomic E-state index is 9.10. The lowest BCUT2D eigenvalue weighted by molar-refractivity contribution is -0.159. The topological polar surface area (TPSA) is 86.6 Å². The van der Waals surface area contributed by atoms with Gasteiger partial charge < -0.3 is 15.5 Å². The minimum absolute atomic E-state index is 0.744. The van der Waals surface area contributed by atoms with Gasteiger partial charge in [-0.2, -0.15) is 0 Å². The fraction of sp³-hybridized carbons (Fsp3) is 0.333. The lowest BCUT2D eigenvalue weighted by Crippen LogP contribution is -2.25. The fourth-order valence-electron chi connectivity index (χ4n) is 2.83. The van der Waals surface area contributed by atoms with Crippen molar-refractivity contribution in [1.29, 1.82) is 0 Å². The summed E-state index contributed by atoms with van der Waals surface area (Å²) in [5.41, 5.74) is 1.43. The summed E-state index contributed by atoms with van der Waals surface area (Å²) < 4.78 is 0. The van der Waals surface area contributed by atoms with Gasteiger partial charge in [0, 0.05) is 12.6 Å². The van der Waals surface area contributed by atoms with Crippen molar-refractivity contribution in [3.8, 4) is 0 Å². The SMILES string of the molecule is O=C(O)C(=O)O.c1ccc2c(CNC3CCCC3)cccc2c1. The van der Waals surface area contributed by atoms with E-state index in [2.05, 4.69) is 47.8 Å². The summed E-state index contributed by atoms with van der Waals surface area (Å²) in [7, 11) is 0. The maximum atomic E-state index is 9.10. The van der Waals surface area contributed by atoms with Gasteiger partial charge in [-0.05, 0) is 29.2 Å². The van der Waals surface area contributed by atoms with Crippen LogP contribution in [0.4, 0.5) is 0 Å². The highest BCUT2D eigenvalue weighted by Gasteiger charge is 2.14. The van der Waals surface area contributed by atoms with Gasteiger partial charge in [-0.15, -0.1) is 0 Å². The first-order valence-electron chi connectivity index (χ1n) is 7.74. The minimum atomic E-state index is -1.82. The van der Waals surface area contributed by atoms with E-state index in [4.69, 9.17) is 19.8 Å². The largest absolute Gasteiger partial charge is 0.473 e. The molecule has 0 saturated heterocycles. The van der Waals surface area contributed by atoms with Gasteiger partial charge >= 0.3 is 11.9 Å². The van der Waals surface area contributed by atoms with Crippen LogP contribution in [0, 0.1) is 0 Å². The molecule has 23 heavy (non-hydrogen) atoms. The summed E-state index contributed by atoms with van der Waals surface area (Å²) in [6.45, 7) is 1.01. The second-order valence-electron chi connectivity index (χ2n) is 5.61. The summed E-state index contributed by atoms with van der Waals surface area (Å²) in [5, 5.41) is 21.2. The molecule has 5 heteroatoms. The molecule has 1 fully saturated rings. The number of nitrogens with one attached hydrogen (secondary N) is 1. The van der Waals surface area contributed by atoms with Gasteiger partial charge in [0.2, 0.25) is 0 Å². The van der Waals surface area contributed by atoms with Crippen LogP contribution in [-0.4, -0.2) is 28.2 Å². The van der Waals surface area contributed by atoms with E-state index in [0.717, 1.165) is 12.6 Å². The zero-order chi connectivity index (χ0) is 16.7. The van der Waals surface area contributed by atoms with Gasteiger partial charge in [0.25, 0.3) is 0 Å². The Labute approximate surface area is 134 Å². The molecule has 2 aromatic carbocycles. The molecule has 122 valence electrons. The van der Waals surface area contributed by atoms with Gasteiger partial charge in [-0.3, -0.25) is 0 Å². The molecule has 2 aromatic rings. The van der Waals surface area contributed by atoms with Gasteiger partial charge in [0.15, 0.2) is 0 Å². The molecule has 0 unspecified atom stereocenters. The van der Waals surface area contributed by atoms with Gasteiger partial charge in [0.05, 0.1) is 0 Å². The van der Waals surface area contributed by atoms with E-state index < -0.39 is 11.9 Å². The lowest BCUT2D eigenvalue weighted by Gasteiger charge is -2.13. The Morgan fingerprint density at radius 2 is 1.57 bits per heavy atom. The van der Waals surface area contributed by atoms with Crippen molar-refractivity contribution in [2.75, 3.05) is 0 Å². The van der Waals surface area contributed by atoms with E-state index in [9.17, 15) is 0 Å². The number of hydrogen-bond acceptors (Lipinski definition) is 3. The second kappa shape index (κ2) is 8.29. The van der Waals surface area contributed by atoms with Crippen molar-refractivity contribution >= 4 is 22.7 Å². The molecule has 0 bridgehead atoms. The Morgan fingerprint density at radius 3 is 2.22 bits per heavy atom. The van der Waals surface area contributed by atoms with E-state index >= 15 is 0 Å². The summed E-state index contributed by atoms with van der Waals surface area (Å²) in [5.74, 6) is -3.65. The van der Waals surface area contributed by atoms with Crippen molar-refractivity contribution in [1.82, 2.24) is 5.32 Å². The number of hydrogen-bond donors (Lipinski definition) is 3. The van der Waals surface area contributed by atoms with E-state index in [-0.39, 0.29) is 0 Å². The van der Waals surface area contributed by atoms with Crippen molar-refractivity contribution < 1.29 is 19.8 Å². The number of carbonyl (C=O) groups is 2. The molecule has 5 nitrogen and oxygen atoms in total. The quantitative estimate of drug-likeness (QED) is 0.758. The first kappa shape index (κ1) is 17.0. The summed E-state index contributed by atoms with van der Waals surface area (Å²) >= 11 is 0. The van der Waals surface area contributed by atoms with Crippen molar-refractivity contribution in [2.24, 2.45) is 0 Å². The van der Waals surface area contributed by atoms with Crippen LogP contribution in [0.15, 0.2) is 42.5 Å². The molecule has 0 amide bonds. The van der Waals surface area contributed by atoms with Crippen LogP contribution in [0.2, 0.25) is 0 Å². The lowest BCUT2D eigenvalue weighted by atomic mass is 10.0. The standard InChI is InChI=1S/C16H19N.C2H2O4/c1-4-11-16-13(6-1)7-5-8-14(16)12-17-15-9-2-3-10-15;3-1(4)2(5)6/h1,4-8,11,15,17H,2-3,9-10,12H2;(H,3,4)(H,5,6). The third-order valence-electron chi connectivity index (χ3n) is 4.00. The normalized spacial score (nSPS) is 14.3. The van der Waals surface area contributed by atoms with Crippen LogP contribution in [-0.2, 0) is 16.1 Å². The van der Waals surface area contributed by atoms with E-state index in [1.807, 2.05) is 0 Å². The summed E-state index contributed by atoms with van der Waals surface area (Å²) in [6.07, 6.45) is 5.50. The Hall–Kier alpha value is -2.40. The molecular formula is C18H21NO4. The number of benzene rings is 2. The van der Waals surface area contributed by atoms with Crippen LogP contribution < -0.4 is 5.32 Å². The molecule has 1 aliphatic rings. The van der Waals surface area contributed by atoms with Crippen molar-refractivity contribution in [3.63, 3.8) is 0 Å². The molecule has 1 saturated carbocycles. The molecule has 0 heterocycles. The number of fused-ring (bicyclic) bond motifs is 1. The number of rotatable bonds is 3. The molecular weight excluding hydrogens is 294 g/mol. The van der Waals surface area contributed by atoms with Crippen LogP contribution >= 0.6 is 0 Å². The molecule has 3 N–H and O–H groups in total. The van der Waals surface area contributed by atoms with Crippen LogP contribution in [0.5, 0.6) is 0 Å².